The minimum absolute atomic E-state index is 0. The molecule has 0 saturated carbocycles. The van der Waals surface area contributed by atoms with Crippen LogP contribution in [0.1, 0.15) is 29.5 Å². The van der Waals surface area contributed by atoms with Gasteiger partial charge in [0.1, 0.15) is 5.75 Å². The van der Waals surface area contributed by atoms with Gasteiger partial charge < -0.3 is 10.1 Å². The van der Waals surface area contributed by atoms with Crippen LogP contribution in [0.4, 0.5) is 0 Å². The van der Waals surface area contributed by atoms with Gasteiger partial charge >= 0.3 is 0 Å². The van der Waals surface area contributed by atoms with Crippen molar-refractivity contribution in [1.82, 2.24) is 5.32 Å². The molecule has 0 bridgehead atoms. The highest BCUT2D eigenvalue weighted by Gasteiger charge is 2.09. The molecule has 0 fully saturated rings. The van der Waals surface area contributed by atoms with Gasteiger partial charge in [-0.2, -0.15) is 0 Å². The molecular weight excluding hydrogens is 318 g/mol. The second kappa shape index (κ2) is 9.51. The van der Waals surface area contributed by atoms with Gasteiger partial charge in [-0.15, -0.1) is 12.4 Å². The zero-order valence-corrected chi connectivity index (χ0v) is 15.1. The van der Waals surface area contributed by atoms with E-state index in [1.165, 1.54) is 22.3 Å². The van der Waals surface area contributed by atoms with Crippen LogP contribution in [0.5, 0.6) is 5.75 Å². The largest absolute Gasteiger partial charge is 0.494 e. The lowest BCUT2D eigenvalue weighted by Gasteiger charge is -2.17. The first-order valence-corrected chi connectivity index (χ1v) is 8.50. The van der Waals surface area contributed by atoms with Gasteiger partial charge in [0.05, 0.1) is 6.61 Å². The quantitative estimate of drug-likeness (QED) is 0.760. The van der Waals surface area contributed by atoms with Crippen molar-refractivity contribution in [2.75, 3.05) is 19.7 Å². The van der Waals surface area contributed by atoms with E-state index in [0.717, 1.165) is 44.7 Å². The summed E-state index contributed by atoms with van der Waals surface area (Å²) in [6, 6.07) is 17.1. The van der Waals surface area contributed by atoms with E-state index >= 15 is 0 Å². The smallest absolute Gasteiger partial charge is 0.119 e. The van der Waals surface area contributed by atoms with Gasteiger partial charge in [0.15, 0.2) is 0 Å². The van der Waals surface area contributed by atoms with E-state index in [2.05, 4.69) is 66.8 Å². The van der Waals surface area contributed by atoms with Crippen molar-refractivity contribution in [2.24, 2.45) is 0 Å². The maximum Gasteiger partial charge on any atom is 0.119 e. The number of aryl methyl sites for hydroxylation is 2. The fourth-order valence-electron chi connectivity index (χ4n) is 3.06. The van der Waals surface area contributed by atoms with E-state index in [1.807, 2.05) is 0 Å². The van der Waals surface area contributed by atoms with Crippen molar-refractivity contribution in [3.63, 3.8) is 0 Å². The number of benzene rings is 2. The molecule has 0 spiro atoms. The molecule has 0 atom stereocenters. The molecule has 0 aromatic heterocycles. The van der Waals surface area contributed by atoms with E-state index in [4.69, 9.17) is 4.74 Å². The van der Waals surface area contributed by atoms with Gasteiger partial charge in [0.25, 0.3) is 0 Å². The van der Waals surface area contributed by atoms with Gasteiger partial charge in [-0.25, -0.2) is 0 Å². The molecule has 1 aliphatic rings. The molecule has 1 aliphatic heterocycles. The van der Waals surface area contributed by atoms with Crippen molar-refractivity contribution in [3.8, 4) is 5.75 Å². The van der Waals surface area contributed by atoms with Crippen LogP contribution in [0.15, 0.2) is 54.6 Å². The number of hydrogen-bond acceptors (Lipinski definition) is 2. The van der Waals surface area contributed by atoms with Crippen LogP contribution in [0.25, 0.3) is 5.57 Å². The van der Waals surface area contributed by atoms with Crippen molar-refractivity contribution >= 4 is 18.0 Å². The van der Waals surface area contributed by atoms with Crippen LogP contribution in [-0.2, 0) is 6.42 Å². The minimum atomic E-state index is 0. The molecular formula is C21H26ClNO. The zero-order valence-electron chi connectivity index (χ0n) is 14.3. The zero-order chi connectivity index (χ0) is 15.9. The summed E-state index contributed by atoms with van der Waals surface area (Å²) in [5.74, 6) is 0.980. The Labute approximate surface area is 151 Å². The maximum absolute atomic E-state index is 5.92. The Kier molecular flexibility index (Phi) is 7.36. The lowest BCUT2D eigenvalue weighted by Crippen LogP contribution is -2.20. The molecule has 0 unspecified atom stereocenters. The predicted molar refractivity (Wildman–Crippen MR) is 104 cm³/mol. The van der Waals surface area contributed by atoms with E-state index in [0.29, 0.717) is 0 Å². The third-order valence-corrected chi connectivity index (χ3v) is 4.33. The highest BCUT2D eigenvalue weighted by atomic mass is 35.5. The molecule has 2 nitrogen and oxygen atoms in total. The lowest BCUT2D eigenvalue weighted by molar-refractivity contribution is 0.311. The number of halogens is 1. The van der Waals surface area contributed by atoms with Crippen molar-refractivity contribution in [2.45, 2.75) is 26.2 Å². The van der Waals surface area contributed by atoms with Crippen LogP contribution in [-0.4, -0.2) is 19.7 Å². The van der Waals surface area contributed by atoms with Crippen molar-refractivity contribution in [3.05, 3.63) is 71.3 Å². The first kappa shape index (κ1) is 18.6. The number of nitrogens with one attached hydrogen (secondary N) is 1. The van der Waals surface area contributed by atoms with Crippen molar-refractivity contribution < 1.29 is 4.74 Å². The van der Waals surface area contributed by atoms with E-state index in [1.54, 1.807) is 0 Å². The van der Waals surface area contributed by atoms with Gasteiger partial charge in [0.2, 0.25) is 0 Å². The third-order valence-electron chi connectivity index (χ3n) is 4.33. The summed E-state index contributed by atoms with van der Waals surface area (Å²) in [4.78, 5) is 0. The molecule has 3 rings (SSSR count). The topological polar surface area (TPSA) is 21.3 Å². The maximum atomic E-state index is 5.92. The molecule has 0 amide bonds. The number of hydrogen-bond donors (Lipinski definition) is 1. The van der Waals surface area contributed by atoms with E-state index in [-0.39, 0.29) is 12.4 Å². The first-order valence-electron chi connectivity index (χ1n) is 8.50. The summed E-state index contributed by atoms with van der Waals surface area (Å²) < 4.78 is 5.92. The summed E-state index contributed by atoms with van der Waals surface area (Å²) in [6.07, 6.45) is 5.52. The minimum Gasteiger partial charge on any atom is -0.494 e. The second-order valence-corrected chi connectivity index (χ2v) is 6.10. The molecule has 24 heavy (non-hydrogen) atoms. The molecule has 3 heteroatoms. The lowest BCUT2D eigenvalue weighted by atomic mass is 9.96. The molecule has 2 aromatic rings. The van der Waals surface area contributed by atoms with Crippen LogP contribution in [0.3, 0.4) is 0 Å². The summed E-state index contributed by atoms with van der Waals surface area (Å²) in [5, 5.41) is 3.36. The summed E-state index contributed by atoms with van der Waals surface area (Å²) >= 11 is 0. The number of rotatable bonds is 6. The Hall–Kier alpha value is -1.77. The second-order valence-electron chi connectivity index (χ2n) is 6.10. The highest BCUT2D eigenvalue weighted by Crippen LogP contribution is 2.26. The summed E-state index contributed by atoms with van der Waals surface area (Å²) in [6.45, 7) is 4.99. The first-order chi connectivity index (χ1) is 11.3. The normalized spacial score (nSPS) is 13.8. The van der Waals surface area contributed by atoms with Gasteiger partial charge in [-0.05, 0) is 67.1 Å². The average Bonchev–Trinajstić information content (AvgIpc) is 2.60. The average molecular weight is 344 g/mol. The summed E-state index contributed by atoms with van der Waals surface area (Å²) in [7, 11) is 0. The van der Waals surface area contributed by atoms with Crippen LogP contribution in [0, 0.1) is 6.92 Å². The molecule has 1 heterocycles. The predicted octanol–water partition coefficient (Wildman–Crippen LogP) is 4.81. The Morgan fingerprint density at radius 3 is 2.62 bits per heavy atom. The van der Waals surface area contributed by atoms with E-state index in [9.17, 15) is 0 Å². The van der Waals surface area contributed by atoms with Gasteiger partial charge in [-0.3, -0.25) is 0 Å². The Balaban J connectivity index is 0.00000208. The molecule has 128 valence electrons. The fraction of sp³-hybridized carbons (Fsp3) is 0.333. The standard InChI is InChI=1S/C21H25NO.ClH/c1-17-16-20(9-10-21(17)19-11-13-22-14-12-19)23-15-5-8-18-6-3-2-4-7-18;/h2-4,6-7,9-11,16,22H,5,8,12-15H2,1H3;1H. The van der Waals surface area contributed by atoms with E-state index < -0.39 is 0 Å². The molecule has 1 N–H and O–H groups in total. The van der Waals surface area contributed by atoms with Crippen LogP contribution >= 0.6 is 12.4 Å². The van der Waals surface area contributed by atoms with Crippen molar-refractivity contribution in [1.29, 1.82) is 0 Å². The molecule has 0 radical (unpaired) electrons. The monoisotopic (exact) mass is 343 g/mol. The Bertz CT molecular complexity index is 667. The number of ether oxygens (including phenoxy) is 1. The molecule has 2 aromatic carbocycles. The fourth-order valence-corrected chi connectivity index (χ4v) is 3.06. The SMILES string of the molecule is Cc1cc(OCCCc2ccccc2)ccc1C1=CCNCC1.Cl. The van der Waals surface area contributed by atoms with Gasteiger partial charge in [0, 0.05) is 6.54 Å². The Morgan fingerprint density at radius 1 is 1.08 bits per heavy atom. The molecule has 0 saturated heterocycles. The third kappa shape index (κ3) is 5.12. The van der Waals surface area contributed by atoms with Crippen LogP contribution in [0.2, 0.25) is 0 Å². The van der Waals surface area contributed by atoms with Crippen LogP contribution < -0.4 is 10.1 Å². The Morgan fingerprint density at radius 2 is 1.92 bits per heavy atom. The van der Waals surface area contributed by atoms with Gasteiger partial charge in [-0.1, -0.05) is 42.5 Å². The molecule has 0 aliphatic carbocycles. The summed E-state index contributed by atoms with van der Waals surface area (Å²) in [5.41, 5.74) is 5.50. The highest BCUT2D eigenvalue weighted by molar-refractivity contribution is 5.85.